The maximum atomic E-state index is 11.7. The number of aromatic nitrogens is 1. The second-order valence-electron chi connectivity index (χ2n) is 4.31. The van der Waals surface area contributed by atoms with E-state index in [1.165, 1.54) is 6.26 Å². The molecular weight excluding hydrogens is 226 g/mol. The molecule has 1 atom stereocenters. The van der Waals surface area contributed by atoms with Crippen LogP contribution in [0.25, 0.3) is 0 Å². The van der Waals surface area contributed by atoms with Crippen molar-refractivity contribution in [2.45, 2.75) is 37.2 Å². The minimum Gasteiger partial charge on any atom is -0.387 e. The van der Waals surface area contributed by atoms with E-state index >= 15 is 0 Å². The highest BCUT2D eigenvalue weighted by molar-refractivity contribution is 7.90. The normalized spacial score (nSPS) is 20.6. The van der Waals surface area contributed by atoms with Gasteiger partial charge in [0.25, 0.3) is 0 Å². The summed E-state index contributed by atoms with van der Waals surface area (Å²) < 4.78 is 23.3. The molecule has 4 nitrogen and oxygen atoms in total. The third-order valence-electron chi connectivity index (χ3n) is 2.86. The molecule has 1 aliphatic rings. The Morgan fingerprint density at radius 1 is 1.50 bits per heavy atom. The van der Waals surface area contributed by atoms with Gasteiger partial charge in [-0.3, -0.25) is 4.98 Å². The molecule has 2 rings (SSSR count). The van der Waals surface area contributed by atoms with Crippen molar-refractivity contribution in [1.29, 1.82) is 0 Å². The van der Waals surface area contributed by atoms with E-state index in [2.05, 4.69) is 4.98 Å². The molecule has 1 heterocycles. The molecule has 0 bridgehead atoms. The highest BCUT2D eigenvalue weighted by Crippen LogP contribution is 2.32. The molecule has 1 aromatic rings. The summed E-state index contributed by atoms with van der Waals surface area (Å²) in [7, 11) is -3.24. The van der Waals surface area contributed by atoms with Crippen LogP contribution in [-0.2, 0) is 16.3 Å². The second kappa shape index (κ2) is 3.82. The molecule has 0 saturated carbocycles. The zero-order valence-electron chi connectivity index (χ0n) is 9.40. The van der Waals surface area contributed by atoms with Gasteiger partial charge in [0, 0.05) is 11.9 Å². The Hall–Kier alpha value is -0.940. The topological polar surface area (TPSA) is 67.3 Å². The first kappa shape index (κ1) is 11.5. The molecule has 1 unspecified atom stereocenters. The molecule has 88 valence electrons. The van der Waals surface area contributed by atoms with Crippen molar-refractivity contribution in [3.63, 3.8) is 0 Å². The van der Waals surface area contributed by atoms with Crippen LogP contribution in [0.5, 0.6) is 0 Å². The average Bonchev–Trinajstić information content (AvgIpc) is 2.17. The van der Waals surface area contributed by atoms with Gasteiger partial charge in [-0.25, -0.2) is 8.42 Å². The SMILES string of the molecule is Cc1cc(S(C)(=O)=O)c2c(n1)C(O)CCC2. The van der Waals surface area contributed by atoms with Gasteiger partial charge >= 0.3 is 0 Å². The summed E-state index contributed by atoms with van der Waals surface area (Å²) in [5.41, 5.74) is 1.89. The first-order valence-corrected chi connectivity index (χ1v) is 7.17. The van der Waals surface area contributed by atoms with Crippen LogP contribution in [0.4, 0.5) is 0 Å². The molecule has 1 aromatic heterocycles. The van der Waals surface area contributed by atoms with Crippen LogP contribution in [-0.4, -0.2) is 24.8 Å². The molecule has 0 fully saturated rings. The van der Waals surface area contributed by atoms with Crippen LogP contribution in [0, 0.1) is 6.92 Å². The minimum absolute atomic E-state index is 0.328. The van der Waals surface area contributed by atoms with Crippen LogP contribution < -0.4 is 0 Å². The first-order valence-electron chi connectivity index (χ1n) is 5.28. The lowest BCUT2D eigenvalue weighted by Crippen LogP contribution is -2.16. The fraction of sp³-hybridized carbons (Fsp3) is 0.545. The predicted octanol–water partition coefficient (Wildman–Crippen LogP) is 1.16. The van der Waals surface area contributed by atoms with E-state index in [0.29, 0.717) is 34.7 Å². The fourth-order valence-corrected chi connectivity index (χ4v) is 3.20. The van der Waals surface area contributed by atoms with Gasteiger partial charge in [0.05, 0.1) is 16.7 Å². The van der Waals surface area contributed by atoms with Crippen LogP contribution in [0.3, 0.4) is 0 Å². The number of pyridine rings is 1. The molecule has 0 spiro atoms. The number of aliphatic hydroxyl groups is 1. The Morgan fingerprint density at radius 3 is 2.81 bits per heavy atom. The molecule has 0 aliphatic heterocycles. The van der Waals surface area contributed by atoms with Crippen molar-refractivity contribution in [3.05, 3.63) is 23.0 Å². The van der Waals surface area contributed by atoms with E-state index in [1.54, 1.807) is 13.0 Å². The van der Waals surface area contributed by atoms with Crippen molar-refractivity contribution in [2.75, 3.05) is 6.26 Å². The number of rotatable bonds is 1. The molecular formula is C11H15NO3S. The van der Waals surface area contributed by atoms with Crippen molar-refractivity contribution >= 4 is 9.84 Å². The maximum Gasteiger partial charge on any atom is 0.175 e. The summed E-state index contributed by atoms with van der Waals surface area (Å²) in [6, 6.07) is 1.59. The van der Waals surface area contributed by atoms with Gasteiger partial charge in [0.2, 0.25) is 0 Å². The largest absolute Gasteiger partial charge is 0.387 e. The highest BCUT2D eigenvalue weighted by Gasteiger charge is 2.25. The number of fused-ring (bicyclic) bond motifs is 1. The Bertz CT molecular complexity index is 522. The van der Waals surface area contributed by atoms with Crippen molar-refractivity contribution < 1.29 is 13.5 Å². The standard InChI is InChI=1S/C11H15NO3S/c1-7-6-10(16(2,14)15)8-4-3-5-9(13)11(8)12-7/h6,9,13H,3-5H2,1-2H3. The van der Waals surface area contributed by atoms with Gasteiger partial charge in [-0.05, 0) is 37.8 Å². The van der Waals surface area contributed by atoms with E-state index in [0.717, 1.165) is 6.42 Å². The molecule has 0 saturated heterocycles. The number of aryl methyl sites for hydroxylation is 1. The van der Waals surface area contributed by atoms with Gasteiger partial charge < -0.3 is 5.11 Å². The zero-order valence-corrected chi connectivity index (χ0v) is 10.2. The molecule has 16 heavy (non-hydrogen) atoms. The Labute approximate surface area is 95.3 Å². The van der Waals surface area contributed by atoms with Gasteiger partial charge in [-0.1, -0.05) is 0 Å². The van der Waals surface area contributed by atoms with E-state index in [4.69, 9.17) is 0 Å². The van der Waals surface area contributed by atoms with Crippen molar-refractivity contribution in [2.24, 2.45) is 0 Å². The lowest BCUT2D eigenvalue weighted by atomic mass is 9.93. The molecule has 0 aromatic carbocycles. The molecule has 0 amide bonds. The summed E-state index contributed by atoms with van der Waals surface area (Å²) in [5, 5.41) is 9.82. The Kier molecular flexibility index (Phi) is 2.75. The lowest BCUT2D eigenvalue weighted by Gasteiger charge is -2.22. The number of nitrogens with zero attached hydrogens (tertiary/aromatic N) is 1. The summed E-state index contributed by atoms with van der Waals surface area (Å²) in [6.07, 6.45) is 2.73. The molecule has 0 radical (unpaired) electrons. The fourth-order valence-electron chi connectivity index (χ4n) is 2.16. The number of aliphatic hydroxyl groups excluding tert-OH is 1. The van der Waals surface area contributed by atoms with Crippen LogP contribution in [0.15, 0.2) is 11.0 Å². The van der Waals surface area contributed by atoms with Crippen molar-refractivity contribution in [1.82, 2.24) is 4.98 Å². The van der Waals surface area contributed by atoms with Gasteiger partial charge in [0.15, 0.2) is 9.84 Å². The number of sulfone groups is 1. The zero-order chi connectivity index (χ0) is 11.9. The van der Waals surface area contributed by atoms with E-state index in [-0.39, 0.29) is 0 Å². The smallest absolute Gasteiger partial charge is 0.175 e. The Balaban J connectivity index is 2.72. The quantitative estimate of drug-likeness (QED) is 0.801. The third-order valence-corrected chi connectivity index (χ3v) is 4.03. The summed E-state index contributed by atoms with van der Waals surface area (Å²) in [6.45, 7) is 1.75. The first-order chi connectivity index (χ1) is 7.39. The predicted molar refractivity (Wildman–Crippen MR) is 60.0 cm³/mol. The van der Waals surface area contributed by atoms with Gasteiger partial charge in [-0.2, -0.15) is 0 Å². The molecule has 5 heteroatoms. The number of hydrogen-bond acceptors (Lipinski definition) is 4. The molecule has 1 aliphatic carbocycles. The average molecular weight is 241 g/mol. The van der Waals surface area contributed by atoms with Crippen LogP contribution in [0.2, 0.25) is 0 Å². The summed E-state index contributed by atoms with van der Waals surface area (Å²) >= 11 is 0. The second-order valence-corrected chi connectivity index (χ2v) is 6.29. The van der Waals surface area contributed by atoms with E-state index in [1.807, 2.05) is 0 Å². The van der Waals surface area contributed by atoms with Crippen LogP contribution in [0.1, 0.15) is 35.9 Å². The summed E-state index contributed by atoms with van der Waals surface area (Å²) in [5.74, 6) is 0. The highest BCUT2D eigenvalue weighted by atomic mass is 32.2. The van der Waals surface area contributed by atoms with Gasteiger partial charge in [0.1, 0.15) is 0 Å². The monoisotopic (exact) mass is 241 g/mol. The van der Waals surface area contributed by atoms with Crippen molar-refractivity contribution in [3.8, 4) is 0 Å². The van der Waals surface area contributed by atoms with Crippen LogP contribution >= 0.6 is 0 Å². The summed E-state index contributed by atoms with van der Waals surface area (Å²) in [4.78, 5) is 4.58. The van der Waals surface area contributed by atoms with Gasteiger partial charge in [-0.15, -0.1) is 0 Å². The maximum absolute atomic E-state index is 11.7. The third kappa shape index (κ3) is 1.97. The van der Waals surface area contributed by atoms with E-state index in [9.17, 15) is 13.5 Å². The molecule has 1 N–H and O–H groups in total. The van der Waals surface area contributed by atoms with E-state index < -0.39 is 15.9 Å². The lowest BCUT2D eigenvalue weighted by molar-refractivity contribution is 0.150. The number of hydrogen-bond donors (Lipinski definition) is 1. The minimum atomic E-state index is -3.24. The Morgan fingerprint density at radius 2 is 2.19 bits per heavy atom.